The van der Waals surface area contributed by atoms with Crippen LogP contribution < -0.4 is 5.32 Å². The van der Waals surface area contributed by atoms with Gasteiger partial charge < -0.3 is 10.4 Å². The van der Waals surface area contributed by atoms with Crippen LogP contribution in [0.3, 0.4) is 0 Å². The first-order valence-corrected chi connectivity index (χ1v) is 6.34. The number of carbonyl (C=O) groups is 2. The molecule has 0 aromatic heterocycles. The van der Waals surface area contributed by atoms with Crippen LogP contribution in [0.1, 0.15) is 36.0 Å². The summed E-state index contributed by atoms with van der Waals surface area (Å²) in [6.45, 7) is 0. The highest BCUT2D eigenvalue weighted by atomic mass is 35.5. The Labute approximate surface area is 114 Å². The van der Waals surface area contributed by atoms with Crippen molar-refractivity contribution in [3.05, 3.63) is 34.6 Å². The topological polar surface area (TPSA) is 66.4 Å². The van der Waals surface area contributed by atoms with Crippen molar-refractivity contribution >= 4 is 23.5 Å². The van der Waals surface area contributed by atoms with Crippen LogP contribution in [0.15, 0.2) is 18.2 Å². The molecule has 1 aliphatic carbocycles. The van der Waals surface area contributed by atoms with Crippen LogP contribution in [-0.2, 0) is 4.79 Å². The third kappa shape index (κ3) is 2.56. The second-order valence-electron chi connectivity index (χ2n) is 4.65. The molecule has 2 N–H and O–H groups in total. The molecule has 1 fully saturated rings. The predicted molar refractivity (Wildman–Crippen MR) is 67.7 cm³/mol. The highest BCUT2D eigenvalue weighted by Crippen LogP contribution is 2.31. The maximum Gasteiger partial charge on any atom is 0.329 e. The average molecular weight is 286 g/mol. The molecular formula is C13H13ClFNO3. The Morgan fingerprint density at radius 2 is 1.95 bits per heavy atom. The molecule has 1 aromatic carbocycles. The zero-order chi connectivity index (χ0) is 14.0. The van der Waals surface area contributed by atoms with Gasteiger partial charge in [-0.3, -0.25) is 4.79 Å². The molecule has 0 aliphatic heterocycles. The normalized spacial score (nSPS) is 17.2. The van der Waals surface area contributed by atoms with Crippen molar-refractivity contribution in [2.24, 2.45) is 0 Å². The minimum Gasteiger partial charge on any atom is -0.480 e. The molecule has 19 heavy (non-hydrogen) atoms. The zero-order valence-electron chi connectivity index (χ0n) is 10.1. The Morgan fingerprint density at radius 1 is 1.32 bits per heavy atom. The lowest BCUT2D eigenvalue weighted by Gasteiger charge is -2.25. The van der Waals surface area contributed by atoms with Gasteiger partial charge in [-0.25, -0.2) is 9.18 Å². The maximum absolute atomic E-state index is 13.6. The van der Waals surface area contributed by atoms with Gasteiger partial charge in [0.2, 0.25) is 0 Å². The predicted octanol–water partition coefficient (Wildman–Crippen LogP) is 2.61. The van der Waals surface area contributed by atoms with E-state index in [2.05, 4.69) is 5.32 Å². The van der Waals surface area contributed by atoms with E-state index in [1.807, 2.05) is 0 Å². The molecule has 0 heterocycles. The van der Waals surface area contributed by atoms with E-state index in [0.29, 0.717) is 12.8 Å². The quantitative estimate of drug-likeness (QED) is 0.897. The van der Waals surface area contributed by atoms with E-state index in [9.17, 15) is 19.1 Å². The van der Waals surface area contributed by atoms with Gasteiger partial charge in [0.15, 0.2) is 0 Å². The molecule has 0 unspecified atom stereocenters. The van der Waals surface area contributed by atoms with Gasteiger partial charge in [0.1, 0.15) is 11.4 Å². The summed E-state index contributed by atoms with van der Waals surface area (Å²) in [7, 11) is 0. The third-order valence-corrected chi connectivity index (χ3v) is 3.72. The van der Waals surface area contributed by atoms with Gasteiger partial charge in [-0.2, -0.15) is 0 Å². The molecule has 1 aliphatic rings. The lowest BCUT2D eigenvalue weighted by Crippen LogP contribution is -2.52. The summed E-state index contributed by atoms with van der Waals surface area (Å²) in [4.78, 5) is 23.4. The van der Waals surface area contributed by atoms with E-state index in [1.54, 1.807) is 0 Å². The number of amides is 1. The summed E-state index contributed by atoms with van der Waals surface area (Å²) in [5.74, 6) is -2.64. The maximum atomic E-state index is 13.6. The van der Waals surface area contributed by atoms with E-state index in [-0.39, 0.29) is 10.6 Å². The van der Waals surface area contributed by atoms with E-state index >= 15 is 0 Å². The SMILES string of the molecule is O=C(NC1(C(=O)O)CCCC1)c1c(F)cccc1Cl. The van der Waals surface area contributed by atoms with Crippen LogP contribution in [-0.4, -0.2) is 22.5 Å². The summed E-state index contributed by atoms with van der Waals surface area (Å²) in [5, 5.41) is 11.7. The van der Waals surface area contributed by atoms with Gasteiger partial charge in [0.05, 0.1) is 10.6 Å². The molecule has 102 valence electrons. The van der Waals surface area contributed by atoms with Gasteiger partial charge in [0.25, 0.3) is 5.91 Å². The first-order valence-electron chi connectivity index (χ1n) is 5.96. The van der Waals surface area contributed by atoms with Crippen LogP contribution >= 0.6 is 11.6 Å². The summed E-state index contributed by atoms with van der Waals surface area (Å²) in [6.07, 6.45) is 2.13. The molecule has 4 nitrogen and oxygen atoms in total. The molecule has 1 saturated carbocycles. The number of hydrogen-bond acceptors (Lipinski definition) is 2. The Balaban J connectivity index is 2.28. The van der Waals surface area contributed by atoms with Crippen molar-refractivity contribution in [1.82, 2.24) is 5.32 Å². The van der Waals surface area contributed by atoms with Crippen molar-refractivity contribution in [3.8, 4) is 0 Å². The Hall–Kier alpha value is -1.62. The van der Waals surface area contributed by atoms with Crippen LogP contribution in [0, 0.1) is 5.82 Å². The molecule has 0 bridgehead atoms. The molecule has 1 amide bonds. The summed E-state index contributed by atoms with van der Waals surface area (Å²) in [6, 6.07) is 3.89. The fraction of sp³-hybridized carbons (Fsp3) is 0.385. The van der Waals surface area contributed by atoms with E-state index in [0.717, 1.165) is 18.9 Å². The fourth-order valence-corrected chi connectivity index (χ4v) is 2.61. The first kappa shape index (κ1) is 13.8. The number of carbonyl (C=O) groups excluding carboxylic acids is 1. The van der Waals surface area contributed by atoms with Crippen LogP contribution in [0.4, 0.5) is 4.39 Å². The molecule has 0 atom stereocenters. The standard InChI is InChI=1S/C13H13ClFNO3/c14-8-4-3-5-9(15)10(8)11(17)16-13(12(18)19)6-1-2-7-13/h3-5H,1-2,6-7H2,(H,16,17)(H,18,19). The number of rotatable bonds is 3. The summed E-state index contributed by atoms with van der Waals surface area (Å²) < 4.78 is 13.6. The van der Waals surface area contributed by atoms with Crippen LogP contribution in [0.5, 0.6) is 0 Å². The van der Waals surface area contributed by atoms with E-state index in [4.69, 9.17) is 11.6 Å². The van der Waals surface area contributed by atoms with Gasteiger partial charge in [-0.1, -0.05) is 30.5 Å². The monoisotopic (exact) mass is 285 g/mol. The van der Waals surface area contributed by atoms with E-state index < -0.39 is 23.2 Å². The lowest BCUT2D eigenvalue weighted by atomic mass is 9.97. The van der Waals surface area contributed by atoms with Gasteiger partial charge in [-0.05, 0) is 25.0 Å². The third-order valence-electron chi connectivity index (χ3n) is 3.41. The van der Waals surface area contributed by atoms with Crippen LogP contribution in [0.25, 0.3) is 0 Å². The number of carboxylic acids is 1. The second-order valence-corrected chi connectivity index (χ2v) is 5.05. The Kier molecular flexibility index (Phi) is 3.75. The smallest absolute Gasteiger partial charge is 0.329 e. The summed E-state index contributed by atoms with van der Waals surface area (Å²) in [5.41, 5.74) is -1.61. The molecular weight excluding hydrogens is 273 g/mol. The molecule has 0 radical (unpaired) electrons. The lowest BCUT2D eigenvalue weighted by molar-refractivity contribution is -0.144. The number of carboxylic acid groups (broad SMARTS) is 1. The minimum atomic E-state index is -1.30. The van der Waals surface area contributed by atoms with Crippen molar-refractivity contribution in [2.75, 3.05) is 0 Å². The number of hydrogen-bond donors (Lipinski definition) is 2. The second kappa shape index (κ2) is 5.17. The fourth-order valence-electron chi connectivity index (χ4n) is 2.37. The number of aliphatic carboxylic acids is 1. The van der Waals surface area contributed by atoms with Crippen LogP contribution in [0.2, 0.25) is 5.02 Å². The van der Waals surface area contributed by atoms with E-state index in [1.165, 1.54) is 12.1 Å². The Morgan fingerprint density at radius 3 is 2.47 bits per heavy atom. The van der Waals surface area contributed by atoms with Gasteiger partial charge >= 0.3 is 5.97 Å². The number of halogens is 2. The largest absolute Gasteiger partial charge is 0.480 e. The van der Waals surface area contributed by atoms with Crippen molar-refractivity contribution < 1.29 is 19.1 Å². The first-order chi connectivity index (χ1) is 8.96. The highest BCUT2D eigenvalue weighted by molar-refractivity contribution is 6.33. The number of benzene rings is 1. The van der Waals surface area contributed by atoms with Gasteiger partial charge in [-0.15, -0.1) is 0 Å². The molecule has 2 rings (SSSR count). The molecule has 1 aromatic rings. The average Bonchev–Trinajstić information content (AvgIpc) is 2.78. The summed E-state index contributed by atoms with van der Waals surface area (Å²) >= 11 is 5.79. The minimum absolute atomic E-state index is 0.0314. The zero-order valence-corrected chi connectivity index (χ0v) is 10.8. The van der Waals surface area contributed by atoms with Crippen molar-refractivity contribution in [2.45, 2.75) is 31.2 Å². The Bertz CT molecular complexity index is 506. The molecule has 6 heteroatoms. The molecule has 0 saturated heterocycles. The van der Waals surface area contributed by atoms with Gasteiger partial charge in [0, 0.05) is 0 Å². The van der Waals surface area contributed by atoms with Crippen molar-refractivity contribution in [3.63, 3.8) is 0 Å². The highest BCUT2D eigenvalue weighted by Gasteiger charge is 2.43. The molecule has 0 spiro atoms. The number of nitrogens with one attached hydrogen (secondary N) is 1. The van der Waals surface area contributed by atoms with Crippen molar-refractivity contribution in [1.29, 1.82) is 0 Å².